The third-order valence-electron chi connectivity index (χ3n) is 8.82. The summed E-state index contributed by atoms with van der Waals surface area (Å²) >= 11 is 0. The van der Waals surface area contributed by atoms with E-state index in [9.17, 15) is 43.2 Å². The Balaban J connectivity index is 1.50. The van der Waals surface area contributed by atoms with Gasteiger partial charge in [0.05, 0.1) is 52.5 Å². The Morgan fingerprint density at radius 2 is 1.82 bits per heavy atom. The van der Waals surface area contributed by atoms with Crippen molar-refractivity contribution in [2.24, 2.45) is 11.3 Å². The van der Waals surface area contributed by atoms with E-state index in [-0.39, 0.29) is 12.1 Å². The summed E-state index contributed by atoms with van der Waals surface area (Å²) in [5.41, 5.74) is -6.75. The lowest BCUT2D eigenvalue weighted by molar-refractivity contribution is -0.321. The summed E-state index contributed by atoms with van der Waals surface area (Å²) in [6, 6.07) is 4.05. The lowest BCUT2D eigenvalue weighted by atomic mass is 9.58. The number of nitrogens with zero attached hydrogens (tertiary/aromatic N) is 2. The fourth-order valence-corrected chi connectivity index (χ4v) is 6.74. The minimum absolute atomic E-state index is 0.0206. The van der Waals surface area contributed by atoms with E-state index in [1.54, 1.807) is 6.92 Å². The van der Waals surface area contributed by atoms with Gasteiger partial charge in [-0.15, -0.1) is 0 Å². The molecule has 4 aliphatic heterocycles. The van der Waals surface area contributed by atoms with Crippen molar-refractivity contribution in [1.82, 2.24) is 0 Å². The normalized spacial score (nSPS) is 43.6. The topological polar surface area (TPSA) is 170 Å². The maximum atomic E-state index is 13.9. The number of carbonyl (C=O) groups is 2. The summed E-state index contributed by atoms with van der Waals surface area (Å²) < 4.78 is 58.5. The van der Waals surface area contributed by atoms with Crippen molar-refractivity contribution in [3.63, 3.8) is 0 Å². The van der Waals surface area contributed by atoms with Crippen molar-refractivity contribution >= 4 is 17.5 Å². The highest BCUT2D eigenvalue weighted by Gasteiger charge is 2.82. The zero-order valence-corrected chi connectivity index (χ0v) is 21.0. The number of alkyl halides is 3. The first-order chi connectivity index (χ1) is 18.0. The number of halogens is 3. The van der Waals surface area contributed by atoms with Gasteiger partial charge < -0.3 is 34.6 Å². The fraction of sp³-hybridized carbons (Fsp3) is 0.640. The fourth-order valence-electron chi connectivity index (χ4n) is 6.74. The van der Waals surface area contributed by atoms with E-state index in [1.165, 1.54) is 19.9 Å². The molecule has 1 aromatic carbocycles. The number of nitriles is 1. The van der Waals surface area contributed by atoms with Gasteiger partial charge >= 0.3 is 6.18 Å². The van der Waals surface area contributed by atoms with E-state index in [4.69, 9.17) is 19.5 Å². The number of fused-ring (bicyclic) bond motifs is 5. The molecule has 2 amide bonds. The standard InChI is InChI=1S/C25H27F3N2O9/c1-22-7-14(38-20-17(34)16(33)15(32)13(9-31)37-20)24(3,39-22)23(2)18(22)19(35)30(21(23)36)11-5-4-10(8-29)12(6-11)25(26,27)28/h4-6,13-18,20,31-34H,7,9H2,1-3H3/t13-,14-,15-,16+,17-,18+,20-,22?,23?,24?/m1/s1. The minimum atomic E-state index is -4.91. The van der Waals surface area contributed by atoms with Crippen LogP contribution in [0.2, 0.25) is 0 Å². The maximum absolute atomic E-state index is 13.9. The van der Waals surface area contributed by atoms with Crippen molar-refractivity contribution < 1.29 is 57.4 Å². The molecule has 5 rings (SSSR count). The Kier molecular flexibility index (Phi) is 6.21. The Bertz CT molecular complexity index is 1270. The van der Waals surface area contributed by atoms with Crippen molar-refractivity contribution in [2.45, 2.75) is 81.4 Å². The molecule has 0 saturated carbocycles. The van der Waals surface area contributed by atoms with Crippen LogP contribution in [-0.4, -0.2) is 86.9 Å². The van der Waals surface area contributed by atoms with Crippen LogP contribution in [0, 0.1) is 22.7 Å². The molecule has 0 aliphatic carbocycles. The molecule has 4 fully saturated rings. The molecule has 4 aliphatic rings. The average Bonchev–Trinajstić information content (AvgIpc) is 3.33. The van der Waals surface area contributed by atoms with Crippen LogP contribution in [0.15, 0.2) is 18.2 Å². The number of hydrogen-bond acceptors (Lipinski definition) is 10. The van der Waals surface area contributed by atoms with Crippen molar-refractivity contribution in [3.05, 3.63) is 29.3 Å². The summed E-state index contributed by atoms with van der Waals surface area (Å²) in [5, 5.41) is 49.2. The number of hydrogen-bond donors (Lipinski definition) is 4. The van der Waals surface area contributed by atoms with Gasteiger partial charge in [0, 0.05) is 6.42 Å². The minimum Gasteiger partial charge on any atom is -0.394 e. The van der Waals surface area contributed by atoms with E-state index in [0.29, 0.717) is 11.0 Å². The Hall–Kier alpha value is -2.64. The van der Waals surface area contributed by atoms with Crippen molar-refractivity contribution in [3.8, 4) is 6.07 Å². The van der Waals surface area contributed by atoms with Crippen LogP contribution in [-0.2, 0) is 30.0 Å². The molecule has 4 heterocycles. The summed E-state index contributed by atoms with van der Waals surface area (Å²) in [6.45, 7) is 3.86. The van der Waals surface area contributed by atoms with Crippen LogP contribution in [0.3, 0.4) is 0 Å². The molecule has 39 heavy (non-hydrogen) atoms. The summed E-state index contributed by atoms with van der Waals surface area (Å²) in [6.07, 6.45) is -13.7. The van der Waals surface area contributed by atoms with Gasteiger partial charge in [-0.3, -0.25) is 9.59 Å². The highest BCUT2D eigenvalue weighted by atomic mass is 19.4. The molecular formula is C25H27F3N2O9. The number of benzene rings is 1. The highest BCUT2D eigenvalue weighted by Crippen LogP contribution is 2.68. The first kappa shape index (κ1) is 27.9. The number of imide groups is 1. The number of ether oxygens (including phenoxy) is 3. The second-order valence-corrected chi connectivity index (χ2v) is 11.0. The maximum Gasteiger partial charge on any atom is 0.417 e. The van der Waals surface area contributed by atoms with Crippen LogP contribution in [0.25, 0.3) is 0 Å². The molecule has 1 aromatic rings. The van der Waals surface area contributed by atoms with Crippen LogP contribution in [0.4, 0.5) is 18.9 Å². The van der Waals surface area contributed by atoms with Gasteiger partial charge in [0.25, 0.3) is 0 Å². The van der Waals surface area contributed by atoms with E-state index in [1.807, 2.05) is 0 Å². The number of aliphatic hydroxyl groups is 4. The number of amides is 2. The Morgan fingerprint density at radius 3 is 2.41 bits per heavy atom. The average molecular weight is 556 g/mol. The van der Waals surface area contributed by atoms with Crippen LogP contribution >= 0.6 is 0 Å². The zero-order chi connectivity index (χ0) is 28.9. The van der Waals surface area contributed by atoms with E-state index < -0.39 is 95.1 Å². The van der Waals surface area contributed by atoms with E-state index >= 15 is 0 Å². The van der Waals surface area contributed by atoms with Gasteiger partial charge in [0.15, 0.2) is 6.29 Å². The molecule has 14 heteroatoms. The van der Waals surface area contributed by atoms with Crippen LogP contribution in [0.1, 0.15) is 38.3 Å². The Labute approximate surface area is 220 Å². The first-order valence-electron chi connectivity index (χ1n) is 12.2. The quantitative estimate of drug-likeness (QED) is 0.376. The van der Waals surface area contributed by atoms with Gasteiger partial charge in [-0.1, -0.05) is 0 Å². The van der Waals surface area contributed by atoms with Crippen molar-refractivity contribution in [1.29, 1.82) is 5.26 Å². The molecule has 0 radical (unpaired) electrons. The zero-order valence-electron chi connectivity index (χ0n) is 21.0. The van der Waals surface area contributed by atoms with Gasteiger partial charge in [0.1, 0.15) is 30.0 Å². The van der Waals surface area contributed by atoms with E-state index in [0.717, 1.165) is 12.1 Å². The molecule has 0 spiro atoms. The summed E-state index contributed by atoms with van der Waals surface area (Å²) in [7, 11) is 0. The monoisotopic (exact) mass is 556 g/mol. The lowest BCUT2D eigenvalue weighted by Gasteiger charge is -2.46. The number of rotatable bonds is 4. The second-order valence-electron chi connectivity index (χ2n) is 11.0. The first-order valence-corrected chi connectivity index (χ1v) is 12.2. The Morgan fingerprint density at radius 1 is 1.15 bits per heavy atom. The van der Waals surface area contributed by atoms with Gasteiger partial charge in [-0.25, -0.2) is 4.90 Å². The molecule has 11 nitrogen and oxygen atoms in total. The summed E-state index contributed by atoms with van der Waals surface area (Å²) in [4.78, 5) is 28.2. The van der Waals surface area contributed by atoms with Gasteiger partial charge in [-0.05, 0) is 39.0 Å². The molecule has 3 unspecified atom stereocenters. The highest BCUT2D eigenvalue weighted by molar-refractivity contribution is 6.25. The van der Waals surface area contributed by atoms with E-state index in [2.05, 4.69) is 0 Å². The molecule has 10 atom stereocenters. The predicted molar refractivity (Wildman–Crippen MR) is 121 cm³/mol. The number of aliphatic hydroxyl groups excluding tert-OH is 4. The molecule has 4 N–H and O–H groups in total. The van der Waals surface area contributed by atoms with Crippen LogP contribution < -0.4 is 4.90 Å². The SMILES string of the molecule is CC12C[C@@H](O[C@H]3O[C@H](CO)[C@@H](O)[C@H](O)[C@H]3O)C(C)(O1)C1(C)C(=O)N(c3ccc(C#N)c(C(F)(F)F)c3)C(=O)[C@@H]21. The second kappa shape index (κ2) is 8.68. The molecule has 212 valence electrons. The number of anilines is 1. The van der Waals surface area contributed by atoms with Crippen LogP contribution in [0.5, 0.6) is 0 Å². The largest absolute Gasteiger partial charge is 0.417 e. The molecule has 2 bridgehead atoms. The third-order valence-corrected chi connectivity index (χ3v) is 8.82. The predicted octanol–water partition coefficient (Wildman–Crippen LogP) is 0.209. The third kappa shape index (κ3) is 3.61. The molecule has 4 saturated heterocycles. The van der Waals surface area contributed by atoms with Crippen molar-refractivity contribution in [2.75, 3.05) is 11.5 Å². The van der Waals surface area contributed by atoms with Gasteiger partial charge in [-0.2, -0.15) is 18.4 Å². The lowest BCUT2D eigenvalue weighted by Crippen LogP contribution is -2.63. The van der Waals surface area contributed by atoms with Gasteiger partial charge in [0.2, 0.25) is 11.8 Å². The smallest absolute Gasteiger partial charge is 0.394 e. The summed E-state index contributed by atoms with van der Waals surface area (Å²) in [5.74, 6) is -2.69. The molecular weight excluding hydrogens is 529 g/mol. The number of carbonyl (C=O) groups excluding carboxylic acids is 2. The molecule has 0 aromatic heterocycles.